The maximum absolute atomic E-state index is 5.99. The Balaban J connectivity index is 1.32. The Morgan fingerprint density at radius 2 is 1.67 bits per heavy atom. The van der Waals surface area contributed by atoms with Crippen LogP contribution in [0.15, 0.2) is 0 Å². The number of ether oxygens (including phenoxy) is 2. The van der Waals surface area contributed by atoms with Gasteiger partial charge < -0.3 is 19.7 Å². The molecule has 0 bridgehead atoms. The van der Waals surface area contributed by atoms with Crippen molar-refractivity contribution in [2.45, 2.75) is 18.9 Å². The van der Waals surface area contributed by atoms with Gasteiger partial charge in [0.2, 0.25) is 0 Å². The molecule has 3 fully saturated rings. The Bertz CT molecular complexity index is 344. The van der Waals surface area contributed by atoms with Gasteiger partial charge in [-0.05, 0) is 31.8 Å². The molecule has 6 nitrogen and oxygen atoms in total. The molecule has 0 saturated carbocycles. The Kier molecular flexibility index (Phi) is 7.76. The summed E-state index contributed by atoms with van der Waals surface area (Å²) in [5.74, 6) is 0.911. The molecule has 1 N–H and O–H groups in total. The maximum Gasteiger partial charge on any atom is 0.0829 e. The van der Waals surface area contributed by atoms with Gasteiger partial charge in [-0.2, -0.15) is 0 Å². The first-order chi connectivity index (χ1) is 11.8. The summed E-state index contributed by atoms with van der Waals surface area (Å²) in [6.45, 7) is 14.5. The number of methoxy groups -OCH3 is 1. The van der Waals surface area contributed by atoms with Gasteiger partial charge in [-0.3, -0.25) is 9.80 Å². The zero-order chi connectivity index (χ0) is 16.6. The van der Waals surface area contributed by atoms with E-state index in [1.807, 2.05) is 0 Å². The zero-order valence-corrected chi connectivity index (χ0v) is 15.4. The van der Waals surface area contributed by atoms with E-state index in [-0.39, 0.29) is 0 Å². The predicted molar refractivity (Wildman–Crippen MR) is 96.5 cm³/mol. The van der Waals surface area contributed by atoms with Crippen LogP contribution in [0.4, 0.5) is 0 Å². The van der Waals surface area contributed by atoms with Gasteiger partial charge in [0.05, 0.1) is 19.3 Å². The average Bonchev–Trinajstić information content (AvgIpc) is 2.63. The molecule has 24 heavy (non-hydrogen) atoms. The van der Waals surface area contributed by atoms with Crippen LogP contribution < -0.4 is 5.32 Å². The fraction of sp³-hybridized carbons (Fsp3) is 1.00. The van der Waals surface area contributed by atoms with Gasteiger partial charge in [0.15, 0.2) is 0 Å². The predicted octanol–water partition coefficient (Wildman–Crippen LogP) is -0.0492. The van der Waals surface area contributed by atoms with Crippen molar-refractivity contribution >= 4 is 0 Å². The number of piperazine rings is 1. The normalized spacial score (nSPS) is 29.1. The Hall–Kier alpha value is -0.240. The van der Waals surface area contributed by atoms with Gasteiger partial charge in [0, 0.05) is 66.0 Å². The lowest BCUT2D eigenvalue weighted by atomic mass is 9.97. The van der Waals surface area contributed by atoms with Gasteiger partial charge >= 0.3 is 0 Å². The third kappa shape index (κ3) is 5.93. The van der Waals surface area contributed by atoms with Crippen LogP contribution in [0.3, 0.4) is 0 Å². The summed E-state index contributed by atoms with van der Waals surface area (Å²) in [5.41, 5.74) is 0. The molecule has 0 spiro atoms. The summed E-state index contributed by atoms with van der Waals surface area (Å²) in [6.07, 6.45) is 3.08. The van der Waals surface area contributed by atoms with E-state index in [0.717, 1.165) is 45.3 Å². The minimum Gasteiger partial charge on any atom is -0.383 e. The van der Waals surface area contributed by atoms with E-state index in [9.17, 15) is 0 Å². The molecular formula is C18H36N4O2. The Morgan fingerprint density at radius 1 is 0.958 bits per heavy atom. The first kappa shape index (κ1) is 18.5. The molecule has 0 aliphatic carbocycles. The van der Waals surface area contributed by atoms with Crippen molar-refractivity contribution in [1.82, 2.24) is 20.0 Å². The fourth-order valence-electron chi connectivity index (χ4n) is 4.19. The molecule has 1 atom stereocenters. The standard InChI is InChI=1S/C18H36N4O2/c1-23-12-10-22-11-13-24-18(16-22)15-21-8-6-20(7-9-21)14-17-2-4-19-5-3-17/h17-19H,2-16H2,1H3. The van der Waals surface area contributed by atoms with Gasteiger partial charge in [0.25, 0.3) is 0 Å². The maximum atomic E-state index is 5.99. The minimum atomic E-state index is 0.367. The summed E-state index contributed by atoms with van der Waals surface area (Å²) in [7, 11) is 1.78. The van der Waals surface area contributed by atoms with Crippen molar-refractivity contribution in [3.05, 3.63) is 0 Å². The topological polar surface area (TPSA) is 40.2 Å². The molecule has 0 amide bonds. The van der Waals surface area contributed by atoms with Gasteiger partial charge in [-0.1, -0.05) is 0 Å². The minimum absolute atomic E-state index is 0.367. The lowest BCUT2D eigenvalue weighted by Gasteiger charge is -2.40. The first-order valence-electron chi connectivity index (χ1n) is 9.82. The van der Waals surface area contributed by atoms with Crippen molar-refractivity contribution in [3.63, 3.8) is 0 Å². The highest BCUT2D eigenvalue weighted by Gasteiger charge is 2.26. The van der Waals surface area contributed by atoms with Crippen LogP contribution in [0.2, 0.25) is 0 Å². The van der Waals surface area contributed by atoms with Crippen LogP contribution >= 0.6 is 0 Å². The Morgan fingerprint density at radius 3 is 2.38 bits per heavy atom. The molecule has 140 valence electrons. The molecule has 3 heterocycles. The quantitative estimate of drug-likeness (QED) is 0.701. The monoisotopic (exact) mass is 340 g/mol. The molecule has 3 aliphatic rings. The second kappa shape index (κ2) is 10.0. The third-order valence-electron chi connectivity index (χ3n) is 5.74. The number of morpholine rings is 1. The van der Waals surface area contributed by atoms with Crippen LogP contribution in [-0.4, -0.2) is 113 Å². The molecule has 3 aliphatic heterocycles. The van der Waals surface area contributed by atoms with Gasteiger partial charge in [0.1, 0.15) is 0 Å². The number of hydrogen-bond donors (Lipinski definition) is 1. The van der Waals surface area contributed by atoms with E-state index in [4.69, 9.17) is 9.47 Å². The largest absolute Gasteiger partial charge is 0.383 e. The number of rotatable bonds is 7. The molecule has 1 unspecified atom stereocenters. The highest BCUT2D eigenvalue weighted by atomic mass is 16.5. The second-order valence-corrected chi connectivity index (χ2v) is 7.58. The molecule has 3 saturated heterocycles. The summed E-state index contributed by atoms with van der Waals surface area (Å²) in [6, 6.07) is 0. The van der Waals surface area contributed by atoms with E-state index in [2.05, 4.69) is 20.0 Å². The van der Waals surface area contributed by atoms with E-state index >= 15 is 0 Å². The lowest BCUT2D eigenvalue weighted by molar-refractivity contribution is -0.0527. The van der Waals surface area contributed by atoms with Crippen LogP contribution in [0.1, 0.15) is 12.8 Å². The van der Waals surface area contributed by atoms with Crippen LogP contribution in [0.25, 0.3) is 0 Å². The second-order valence-electron chi connectivity index (χ2n) is 7.58. The summed E-state index contributed by atoms with van der Waals surface area (Å²) in [5, 5.41) is 3.47. The lowest BCUT2D eigenvalue weighted by Crippen LogP contribution is -2.53. The average molecular weight is 341 g/mol. The molecule has 0 aromatic rings. The van der Waals surface area contributed by atoms with E-state index < -0.39 is 0 Å². The first-order valence-corrected chi connectivity index (χ1v) is 9.82. The fourth-order valence-corrected chi connectivity index (χ4v) is 4.19. The number of piperidine rings is 1. The molecule has 3 rings (SSSR count). The van der Waals surface area contributed by atoms with Crippen molar-refractivity contribution in [2.24, 2.45) is 5.92 Å². The molecule has 0 aromatic heterocycles. The molecule has 0 aromatic carbocycles. The number of nitrogens with one attached hydrogen (secondary N) is 1. The summed E-state index contributed by atoms with van der Waals surface area (Å²) >= 11 is 0. The van der Waals surface area contributed by atoms with Gasteiger partial charge in [-0.15, -0.1) is 0 Å². The number of nitrogens with zero attached hydrogens (tertiary/aromatic N) is 3. The summed E-state index contributed by atoms with van der Waals surface area (Å²) < 4.78 is 11.2. The highest BCUT2D eigenvalue weighted by Crippen LogP contribution is 2.15. The highest BCUT2D eigenvalue weighted by molar-refractivity contribution is 4.80. The van der Waals surface area contributed by atoms with Gasteiger partial charge in [-0.25, -0.2) is 0 Å². The smallest absolute Gasteiger partial charge is 0.0829 e. The zero-order valence-electron chi connectivity index (χ0n) is 15.4. The van der Waals surface area contributed by atoms with E-state index in [1.165, 1.54) is 58.7 Å². The molecule has 0 radical (unpaired) electrons. The molecule has 6 heteroatoms. The SMILES string of the molecule is COCCN1CCOC(CN2CCN(CC3CCNCC3)CC2)C1. The van der Waals surface area contributed by atoms with Crippen LogP contribution in [0, 0.1) is 5.92 Å². The molecular weight excluding hydrogens is 304 g/mol. The van der Waals surface area contributed by atoms with Crippen molar-refractivity contribution in [1.29, 1.82) is 0 Å². The van der Waals surface area contributed by atoms with Crippen LogP contribution in [0.5, 0.6) is 0 Å². The third-order valence-corrected chi connectivity index (χ3v) is 5.74. The summed E-state index contributed by atoms with van der Waals surface area (Å²) in [4.78, 5) is 7.76. The Labute approximate surface area is 147 Å². The van der Waals surface area contributed by atoms with E-state index in [0.29, 0.717) is 6.10 Å². The van der Waals surface area contributed by atoms with Crippen molar-refractivity contribution in [3.8, 4) is 0 Å². The number of hydrogen-bond acceptors (Lipinski definition) is 6. The van der Waals surface area contributed by atoms with Crippen molar-refractivity contribution < 1.29 is 9.47 Å². The van der Waals surface area contributed by atoms with E-state index in [1.54, 1.807) is 7.11 Å². The van der Waals surface area contributed by atoms with Crippen LogP contribution in [-0.2, 0) is 9.47 Å². The van der Waals surface area contributed by atoms with Crippen molar-refractivity contribution in [2.75, 3.05) is 92.3 Å².